The zero-order chi connectivity index (χ0) is 22.9. The van der Waals surface area contributed by atoms with Crippen molar-refractivity contribution in [2.75, 3.05) is 33.4 Å². The first-order valence-corrected chi connectivity index (χ1v) is 11.5. The standard InChI is InChI=1S/C27H31N3O3/c1-32-25-13-6-5-11-23(25)26(24-12-7-8-16-29-24)30(27(31)21-14-17-28-18-15-21)19-20-33-22-9-3-2-4-10-22/h2-13,16,21,26,28H,14-15,17-20H2,1H3/t26-/m0/s1. The summed E-state index contributed by atoms with van der Waals surface area (Å²) in [6.45, 7) is 2.54. The van der Waals surface area contributed by atoms with E-state index >= 15 is 0 Å². The van der Waals surface area contributed by atoms with Crippen LogP contribution in [0.3, 0.4) is 0 Å². The van der Waals surface area contributed by atoms with Crippen molar-refractivity contribution in [2.24, 2.45) is 5.92 Å². The normalized spacial score (nSPS) is 14.9. The largest absolute Gasteiger partial charge is 0.496 e. The monoisotopic (exact) mass is 445 g/mol. The fraction of sp³-hybridized carbons (Fsp3) is 0.333. The van der Waals surface area contributed by atoms with Gasteiger partial charge in [-0.05, 0) is 56.3 Å². The Kier molecular flexibility index (Phi) is 7.93. The van der Waals surface area contributed by atoms with E-state index in [2.05, 4.69) is 10.3 Å². The number of methoxy groups -OCH3 is 1. The average molecular weight is 446 g/mol. The Labute approximate surface area is 195 Å². The molecule has 33 heavy (non-hydrogen) atoms. The van der Waals surface area contributed by atoms with E-state index in [1.165, 1.54) is 0 Å². The van der Waals surface area contributed by atoms with Gasteiger partial charge in [0.05, 0.1) is 19.3 Å². The highest BCUT2D eigenvalue weighted by atomic mass is 16.5. The lowest BCUT2D eigenvalue weighted by Crippen LogP contribution is -2.45. The summed E-state index contributed by atoms with van der Waals surface area (Å²) in [7, 11) is 1.66. The second-order valence-corrected chi connectivity index (χ2v) is 8.12. The molecule has 1 saturated heterocycles. The van der Waals surface area contributed by atoms with Crippen molar-refractivity contribution in [3.63, 3.8) is 0 Å². The maximum Gasteiger partial charge on any atom is 0.226 e. The van der Waals surface area contributed by atoms with E-state index in [9.17, 15) is 4.79 Å². The van der Waals surface area contributed by atoms with Crippen molar-refractivity contribution in [3.05, 3.63) is 90.3 Å². The highest BCUT2D eigenvalue weighted by Gasteiger charge is 2.34. The van der Waals surface area contributed by atoms with Crippen LogP contribution in [-0.4, -0.2) is 49.1 Å². The van der Waals surface area contributed by atoms with Gasteiger partial charge in [-0.25, -0.2) is 0 Å². The number of carbonyl (C=O) groups excluding carboxylic acids is 1. The number of hydrogen-bond donors (Lipinski definition) is 1. The molecule has 1 aliphatic heterocycles. The van der Waals surface area contributed by atoms with Crippen LogP contribution in [0.5, 0.6) is 11.5 Å². The Bertz CT molecular complexity index is 1010. The minimum absolute atomic E-state index is 0.0242. The number of nitrogens with zero attached hydrogens (tertiary/aromatic N) is 2. The molecule has 2 aromatic carbocycles. The number of para-hydroxylation sites is 2. The van der Waals surface area contributed by atoms with Gasteiger partial charge < -0.3 is 19.7 Å². The molecule has 0 unspecified atom stereocenters. The smallest absolute Gasteiger partial charge is 0.226 e. The number of piperidine rings is 1. The number of ether oxygens (including phenoxy) is 2. The Morgan fingerprint density at radius 3 is 2.48 bits per heavy atom. The number of pyridine rings is 1. The molecular weight excluding hydrogens is 414 g/mol. The number of carbonyl (C=O) groups is 1. The lowest BCUT2D eigenvalue weighted by molar-refractivity contribution is -0.138. The molecule has 0 spiro atoms. The van der Waals surface area contributed by atoms with E-state index in [1.807, 2.05) is 77.7 Å². The van der Waals surface area contributed by atoms with Crippen LogP contribution in [0.2, 0.25) is 0 Å². The van der Waals surface area contributed by atoms with Crippen LogP contribution in [0, 0.1) is 5.92 Å². The molecule has 0 saturated carbocycles. The molecule has 0 bridgehead atoms. The van der Waals surface area contributed by atoms with E-state index in [0.29, 0.717) is 13.2 Å². The van der Waals surface area contributed by atoms with Gasteiger partial charge in [0.15, 0.2) is 0 Å². The quantitative estimate of drug-likeness (QED) is 0.538. The summed E-state index contributed by atoms with van der Waals surface area (Å²) in [5.41, 5.74) is 1.73. The Hall–Kier alpha value is -3.38. The van der Waals surface area contributed by atoms with Crippen molar-refractivity contribution in [1.82, 2.24) is 15.2 Å². The molecule has 1 N–H and O–H groups in total. The number of amides is 1. The number of nitrogens with one attached hydrogen (secondary N) is 1. The zero-order valence-electron chi connectivity index (χ0n) is 19.0. The van der Waals surface area contributed by atoms with Crippen molar-refractivity contribution in [2.45, 2.75) is 18.9 Å². The number of rotatable bonds is 9. The topological polar surface area (TPSA) is 63.7 Å². The van der Waals surface area contributed by atoms with Gasteiger partial charge >= 0.3 is 0 Å². The van der Waals surface area contributed by atoms with Gasteiger partial charge in [-0.15, -0.1) is 0 Å². The van der Waals surface area contributed by atoms with Gasteiger partial charge in [-0.3, -0.25) is 9.78 Å². The number of aromatic nitrogens is 1. The van der Waals surface area contributed by atoms with Crippen LogP contribution in [-0.2, 0) is 4.79 Å². The lowest BCUT2D eigenvalue weighted by Gasteiger charge is -2.36. The van der Waals surface area contributed by atoms with Crippen LogP contribution in [0.1, 0.15) is 30.1 Å². The maximum absolute atomic E-state index is 13.9. The van der Waals surface area contributed by atoms with Crippen LogP contribution in [0.4, 0.5) is 0 Å². The van der Waals surface area contributed by atoms with E-state index in [0.717, 1.165) is 48.7 Å². The number of hydrogen-bond acceptors (Lipinski definition) is 5. The molecule has 1 atom stereocenters. The molecule has 6 nitrogen and oxygen atoms in total. The summed E-state index contributed by atoms with van der Waals surface area (Å²) in [4.78, 5) is 20.5. The SMILES string of the molecule is COc1ccccc1[C@@H](c1ccccn1)N(CCOc1ccccc1)C(=O)C1CCNCC1. The van der Waals surface area contributed by atoms with Gasteiger partial charge in [0.25, 0.3) is 0 Å². The van der Waals surface area contributed by atoms with Crippen LogP contribution >= 0.6 is 0 Å². The molecule has 2 heterocycles. The molecule has 6 heteroatoms. The first kappa shape index (κ1) is 22.8. The molecule has 0 aliphatic carbocycles. The van der Waals surface area contributed by atoms with Gasteiger partial charge in [-0.2, -0.15) is 0 Å². The van der Waals surface area contributed by atoms with Gasteiger partial charge in [0.2, 0.25) is 5.91 Å². The fourth-order valence-electron chi connectivity index (χ4n) is 4.37. The molecular formula is C27H31N3O3. The summed E-state index contributed by atoms with van der Waals surface area (Å²) in [6, 6.07) is 23.0. The van der Waals surface area contributed by atoms with Crippen LogP contribution in [0.15, 0.2) is 79.0 Å². The predicted octanol–water partition coefficient (Wildman–Crippen LogP) is 4.09. The first-order valence-electron chi connectivity index (χ1n) is 11.5. The molecule has 1 fully saturated rings. The van der Waals surface area contributed by atoms with E-state index in [1.54, 1.807) is 13.3 Å². The second-order valence-electron chi connectivity index (χ2n) is 8.12. The molecule has 3 aromatic rings. The zero-order valence-corrected chi connectivity index (χ0v) is 19.0. The van der Waals surface area contributed by atoms with E-state index in [4.69, 9.17) is 9.47 Å². The third-order valence-corrected chi connectivity index (χ3v) is 6.03. The van der Waals surface area contributed by atoms with Crippen LogP contribution in [0.25, 0.3) is 0 Å². The van der Waals surface area contributed by atoms with Crippen molar-refractivity contribution < 1.29 is 14.3 Å². The molecule has 1 amide bonds. The third-order valence-electron chi connectivity index (χ3n) is 6.03. The highest BCUT2D eigenvalue weighted by molar-refractivity contribution is 5.80. The summed E-state index contributed by atoms with van der Waals surface area (Å²) in [6.07, 6.45) is 3.43. The van der Waals surface area contributed by atoms with Crippen molar-refractivity contribution in [3.8, 4) is 11.5 Å². The van der Waals surface area contributed by atoms with Crippen LogP contribution < -0.4 is 14.8 Å². The van der Waals surface area contributed by atoms with Crippen molar-refractivity contribution in [1.29, 1.82) is 0 Å². The number of benzene rings is 2. The van der Waals surface area contributed by atoms with Gasteiger partial charge in [0.1, 0.15) is 24.1 Å². The first-order chi connectivity index (χ1) is 16.3. The molecule has 1 aromatic heterocycles. The Morgan fingerprint density at radius 1 is 1.03 bits per heavy atom. The predicted molar refractivity (Wildman–Crippen MR) is 128 cm³/mol. The van der Waals surface area contributed by atoms with E-state index in [-0.39, 0.29) is 17.9 Å². The molecule has 1 aliphatic rings. The summed E-state index contributed by atoms with van der Waals surface area (Å²) < 4.78 is 11.7. The van der Waals surface area contributed by atoms with Crippen molar-refractivity contribution >= 4 is 5.91 Å². The third kappa shape index (κ3) is 5.71. The summed E-state index contributed by atoms with van der Waals surface area (Å²) in [5.74, 6) is 1.64. The summed E-state index contributed by atoms with van der Waals surface area (Å²) in [5, 5.41) is 3.36. The average Bonchev–Trinajstić information content (AvgIpc) is 2.89. The molecule has 0 radical (unpaired) electrons. The van der Waals surface area contributed by atoms with Gasteiger partial charge in [-0.1, -0.05) is 42.5 Å². The molecule has 172 valence electrons. The van der Waals surface area contributed by atoms with Gasteiger partial charge in [0, 0.05) is 17.7 Å². The highest BCUT2D eigenvalue weighted by Crippen LogP contribution is 2.35. The maximum atomic E-state index is 13.9. The summed E-state index contributed by atoms with van der Waals surface area (Å²) >= 11 is 0. The lowest BCUT2D eigenvalue weighted by atomic mass is 9.93. The molecule has 4 rings (SSSR count). The van der Waals surface area contributed by atoms with E-state index < -0.39 is 0 Å². The fourth-order valence-corrected chi connectivity index (χ4v) is 4.37. The second kappa shape index (κ2) is 11.5. The minimum Gasteiger partial charge on any atom is -0.496 e. The Morgan fingerprint density at radius 2 is 1.76 bits per heavy atom. The Balaban J connectivity index is 1.69. The minimum atomic E-state index is -0.371.